The molecule has 3 rings (SSSR count). The lowest BCUT2D eigenvalue weighted by molar-refractivity contribution is 0.393. The molecule has 3 aromatic rings. The van der Waals surface area contributed by atoms with E-state index < -0.39 is 0 Å². The summed E-state index contributed by atoms with van der Waals surface area (Å²) in [4.78, 5) is 9.09. The second-order valence-corrected chi connectivity index (χ2v) is 6.67. The van der Waals surface area contributed by atoms with Crippen LogP contribution in [-0.2, 0) is 12.2 Å². The molecule has 0 saturated carbocycles. The van der Waals surface area contributed by atoms with E-state index in [0.29, 0.717) is 21.7 Å². The van der Waals surface area contributed by atoms with Gasteiger partial charge >= 0.3 is 0 Å². The molecule has 0 radical (unpaired) electrons. The SMILES string of the molecule is CCc1nc(SCc2cc(C)on2)nc(N)c1-c1ccc(Cl)cc1. The molecule has 0 saturated heterocycles. The first-order chi connectivity index (χ1) is 11.6. The van der Waals surface area contributed by atoms with Crippen molar-refractivity contribution in [1.29, 1.82) is 0 Å². The Morgan fingerprint density at radius 2 is 1.96 bits per heavy atom. The first-order valence-electron chi connectivity index (χ1n) is 7.54. The fourth-order valence-electron chi connectivity index (χ4n) is 2.38. The van der Waals surface area contributed by atoms with Gasteiger partial charge in [-0.3, -0.25) is 0 Å². The highest BCUT2D eigenvalue weighted by Gasteiger charge is 2.14. The number of aryl methyl sites for hydroxylation is 2. The zero-order valence-electron chi connectivity index (χ0n) is 13.4. The molecule has 0 bridgehead atoms. The molecule has 0 amide bonds. The fourth-order valence-corrected chi connectivity index (χ4v) is 3.26. The first-order valence-corrected chi connectivity index (χ1v) is 8.90. The molecular formula is C17H17ClN4OS. The van der Waals surface area contributed by atoms with Crippen LogP contribution in [0.1, 0.15) is 24.1 Å². The summed E-state index contributed by atoms with van der Waals surface area (Å²) in [5.41, 5.74) is 9.83. The molecule has 1 aromatic carbocycles. The van der Waals surface area contributed by atoms with Gasteiger partial charge in [0.15, 0.2) is 5.16 Å². The number of benzene rings is 1. The molecule has 124 valence electrons. The van der Waals surface area contributed by atoms with E-state index in [1.165, 1.54) is 11.8 Å². The Hall–Kier alpha value is -2.05. The highest BCUT2D eigenvalue weighted by Crippen LogP contribution is 2.31. The molecule has 0 spiro atoms. The zero-order chi connectivity index (χ0) is 17.1. The van der Waals surface area contributed by atoms with Crippen LogP contribution in [0.2, 0.25) is 5.02 Å². The second kappa shape index (κ2) is 7.23. The number of hydrogen-bond donors (Lipinski definition) is 1. The molecule has 2 aromatic heterocycles. The zero-order valence-corrected chi connectivity index (χ0v) is 15.0. The molecule has 0 aliphatic carbocycles. The molecule has 24 heavy (non-hydrogen) atoms. The second-order valence-electron chi connectivity index (χ2n) is 5.29. The average molecular weight is 361 g/mol. The number of rotatable bonds is 5. The standard InChI is InChI=1S/C17H17ClN4OS/c1-3-14-15(11-4-6-12(18)7-5-11)16(19)21-17(20-14)24-9-13-8-10(2)23-22-13/h4-8H,3,9H2,1-2H3,(H2,19,20,21). The van der Waals surface area contributed by atoms with Gasteiger partial charge in [0.1, 0.15) is 11.6 Å². The number of halogens is 1. The Kier molecular flexibility index (Phi) is 5.06. The van der Waals surface area contributed by atoms with Gasteiger partial charge < -0.3 is 10.3 Å². The van der Waals surface area contributed by atoms with Crippen LogP contribution in [0.25, 0.3) is 11.1 Å². The van der Waals surface area contributed by atoms with E-state index in [1.54, 1.807) is 0 Å². The van der Waals surface area contributed by atoms with Gasteiger partial charge in [0.05, 0.1) is 11.4 Å². The van der Waals surface area contributed by atoms with E-state index in [2.05, 4.69) is 22.0 Å². The van der Waals surface area contributed by atoms with Crippen LogP contribution in [0.15, 0.2) is 40.0 Å². The van der Waals surface area contributed by atoms with E-state index in [0.717, 1.165) is 34.7 Å². The van der Waals surface area contributed by atoms with Crippen LogP contribution in [0, 0.1) is 6.92 Å². The van der Waals surface area contributed by atoms with Crippen molar-refractivity contribution in [1.82, 2.24) is 15.1 Å². The summed E-state index contributed by atoms with van der Waals surface area (Å²) in [6.07, 6.45) is 0.765. The minimum Gasteiger partial charge on any atom is -0.383 e. The Balaban J connectivity index is 1.88. The van der Waals surface area contributed by atoms with Gasteiger partial charge in [0.25, 0.3) is 0 Å². The number of nitrogen functional groups attached to an aromatic ring is 1. The Labute approximate surface area is 149 Å². The van der Waals surface area contributed by atoms with E-state index in [-0.39, 0.29) is 0 Å². The molecule has 0 aliphatic heterocycles. The fraction of sp³-hybridized carbons (Fsp3) is 0.235. The molecule has 0 aliphatic rings. The van der Waals surface area contributed by atoms with Crippen LogP contribution in [-0.4, -0.2) is 15.1 Å². The molecular weight excluding hydrogens is 344 g/mol. The molecule has 0 unspecified atom stereocenters. The molecule has 0 atom stereocenters. The van der Waals surface area contributed by atoms with Crippen molar-refractivity contribution < 1.29 is 4.52 Å². The smallest absolute Gasteiger partial charge is 0.190 e. The number of hydrogen-bond acceptors (Lipinski definition) is 6. The lowest BCUT2D eigenvalue weighted by atomic mass is 10.0. The van der Waals surface area contributed by atoms with Crippen molar-refractivity contribution in [2.75, 3.05) is 5.73 Å². The highest BCUT2D eigenvalue weighted by atomic mass is 35.5. The van der Waals surface area contributed by atoms with Crippen molar-refractivity contribution in [2.24, 2.45) is 0 Å². The van der Waals surface area contributed by atoms with Crippen molar-refractivity contribution in [3.8, 4) is 11.1 Å². The van der Waals surface area contributed by atoms with E-state index in [4.69, 9.17) is 21.9 Å². The summed E-state index contributed by atoms with van der Waals surface area (Å²) in [5, 5.41) is 5.30. The van der Waals surface area contributed by atoms with Crippen LogP contribution in [0.4, 0.5) is 5.82 Å². The lowest BCUT2D eigenvalue weighted by Crippen LogP contribution is -2.04. The maximum atomic E-state index is 6.21. The summed E-state index contributed by atoms with van der Waals surface area (Å²) in [5.74, 6) is 1.90. The van der Waals surface area contributed by atoms with Gasteiger partial charge in [0, 0.05) is 22.4 Å². The largest absolute Gasteiger partial charge is 0.383 e. The summed E-state index contributed by atoms with van der Waals surface area (Å²) >= 11 is 7.45. The number of nitrogens with two attached hydrogens (primary N) is 1. The minimum atomic E-state index is 0.475. The Morgan fingerprint density at radius 1 is 1.21 bits per heavy atom. The normalized spacial score (nSPS) is 11.0. The maximum absolute atomic E-state index is 6.21. The summed E-state index contributed by atoms with van der Waals surface area (Å²) < 4.78 is 5.07. The van der Waals surface area contributed by atoms with Crippen molar-refractivity contribution >= 4 is 29.2 Å². The Bertz CT molecular complexity index is 848. The predicted molar refractivity (Wildman–Crippen MR) is 97.1 cm³/mol. The van der Waals surface area contributed by atoms with Crippen molar-refractivity contribution in [3.63, 3.8) is 0 Å². The molecule has 2 N–H and O–H groups in total. The quantitative estimate of drug-likeness (QED) is 0.532. The number of anilines is 1. The van der Waals surface area contributed by atoms with E-state index in [1.807, 2.05) is 37.3 Å². The van der Waals surface area contributed by atoms with E-state index >= 15 is 0 Å². The first kappa shape index (κ1) is 16.8. The van der Waals surface area contributed by atoms with Gasteiger partial charge in [-0.1, -0.05) is 47.6 Å². The van der Waals surface area contributed by atoms with Gasteiger partial charge in [-0.25, -0.2) is 9.97 Å². The van der Waals surface area contributed by atoms with Crippen LogP contribution >= 0.6 is 23.4 Å². The number of nitrogens with zero attached hydrogens (tertiary/aromatic N) is 3. The van der Waals surface area contributed by atoms with Crippen molar-refractivity contribution in [3.05, 3.63) is 52.5 Å². The third kappa shape index (κ3) is 3.71. The van der Waals surface area contributed by atoms with Crippen LogP contribution in [0.5, 0.6) is 0 Å². The summed E-state index contributed by atoms with van der Waals surface area (Å²) in [7, 11) is 0. The van der Waals surface area contributed by atoms with Gasteiger partial charge in [-0.05, 0) is 31.0 Å². The monoisotopic (exact) mass is 360 g/mol. The topological polar surface area (TPSA) is 77.8 Å². The Morgan fingerprint density at radius 3 is 2.58 bits per heavy atom. The molecule has 2 heterocycles. The maximum Gasteiger partial charge on any atom is 0.190 e. The highest BCUT2D eigenvalue weighted by molar-refractivity contribution is 7.98. The summed E-state index contributed by atoms with van der Waals surface area (Å²) in [6, 6.07) is 9.44. The molecule has 7 heteroatoms. The van der Waals surface area contributed by atoms with Gasteiger partial charge in [-0.2, -0.15) is 0 Å². The number of thioether (sulfide) groups is 1. The van der Waals surface area contributed by atoms with Gasteiger partial charge in [0.2, 0.25) is 0 Å². The number of aromatic nitrogens is 3. The van der Waals surface area contributed by atoms with E-state index in [9.17, 15) is 0 Å². The third-order valence-electron chi connectivity index (χ3n) is 3.49. The lowest BCUT2D eigenvalue weighted by Gasteiger charge is -2.12. The summed E-state index contributed by atoms with van der Waals surface area (Å²) in [6.45, 7) is 3.92. The van der Waals surface area contributed by atoms with Gasteiger partial charge in [-0.15, -0.1) is 0 Å². The van der Waals surface area contributed by atoms with Crippen LogP contribution < -0.4 is 5.73 Å². The van der Waals surface area contributed by atoms with Crippen LogP contribution in [0.3, 0.4) is 0 Å². The minimum absolute atomic E-state index is 0.475. The third-order valence-corrected chi connectivity index (χ3v) is 4.62. The molecule has 5 nitrogen and oxygen atoms in total. The predicted octanol–water partition coefficient (Wildman–Crippen LogP) is 4.53. The molecule has 0 fully saturated rings. The average Bonchev–Trinajstić information content (AvgIpc) is 2.99. The van der Waals surface area contributed by atoms with Crippen molar-refractivity contribution in [2.45, 2.75) is 31.2 Å².